The predicted octanol–water partition coefficient (Wildman–Crippen LogP) is 1.41. The molecule has 0 spiro atoms. The smallest absolute Gasteiger partial charge is 0.340 e. The average Bonchev–Trinajstić information content (AvgIpc) is 2.46. The van der Waals surface area contributed by atoms with E-state index in [1.54, 1.807) is 18.2 Å². The van der Waals surface area contributed by atoms with Crippen molar-refractivity contribution < 1.29 is 14.6 Å². The summed E-state index contributed by atoms with van der Waals surface area (Å²) in [6.45, 7) is 0.860. The van der Waals surface area contributed by atoms with Crippen LogP contribution in [0.25, 0.3) is 0 Å². The number of carbonyl (C=O) groups is 1. The molecule has 1 heterocycles. The molecule has 3 N–H and O–H groups in total. The van der Waals surface area contributed by atoms with Crippen LogP contribution in [0.15, 0.2) is 18.2 Å². The molecule has 0 radical (unpaired) electrons. The van der Waals surface area contributed by atoms with Crippen LogP contribution in [0.3, 0.4) is 0 Å². The molecule has 0 aliphatic carbocycles. The fraction of sp³-hybridized carbons (Fsp3) is 0.500. The zero-order valence-electron chi connectivity index (χ0n) is 11.1. The summed E-state index contributed by atoms with van der Waals surface area (Å²) in [6, 6.07) is 5.23. The zero-order chi connectivity index (χ0) is 13.8. The fourth-order valence-corrected chi connectivity index (χ4v) is 2.64. The lowest BCUT2D eigenvalue weighted by Gasteiger charge is -2.38. The highest BCUT2D eigenvalue weighted by atomic mass is 16.5. The molecular weight excluding hydrogens is 244 g/mol. The van der Waals surface area contributed by atoms with Crippen LogP contribution in [0.1, 0.15) is 29.6 Å². The lowest BCUT2D eigenvalue weighted by molar-refractivity contribution is 0.0601. The van der Waals surface area contributed by atoms with E-state index in [-0.39, 0.29) is 12.6 Å². The van der Waals surface area contributed by atoms with Gasteiger partial charge in [-0.3, -0.25) is 0 Å². The minimum atomic E-state index is -0.399. The third kappa shape index (κ3) is 2.66. The van der Waals surface area contributed by atoms with Crippen LogP contribution in [-0.2, 0) is 4.74 Å². The van der Waals surface area contributed by atoms with Crippen molar-refractivity contribution in [3.63, 3.8) is 0 Å². The second kappa shape index (κ2) is 5.93. The van der Waals surface area contributed by atoms with Gasteiger partial charge in [0.2, 0.25) is 0 Å². The van der Waals surface area contributed by atoms with Gasteiger partial charge in [-0.2, -0.15) is 0 Å². The number of hydrogen-bond donors (Lipinski definition) is 2. The summed E-state index contributed by atoms with van der Waals surface area (Å²) in [4.78, 5) is 13.9. The van der Waals surface area contributed by atoms with E-state index < -0.39 is 5.97 Å². The molecule has 1 saturated heterocycles. The van der Waals surface area contributed by atoms with Crippen LogP contribution in [0.4, 0.5) is 11.4 Å². The first-order valence-electron chi connectivity index (χ1n) is 6.53. The number of carbonyl (C=O) groups excluding carboxylic acids is 1. The van der Waals surface area contributed by atoms with E-state index in [1.165, 1.54) is 7.11 Å². The Morgan fingerprint density at radius 2 is 2.32 bits per heavy atom. The van der Waals surface area contributed by atoms with Crippen LogP contribution in [0.2, 0.25) is 0 Å². The summed E-state index contributed by atoms with van der Waals surface area (Å²) >= 11 is 0. The third-order valence-electron chi connectivity index (χ3n) is 3.60. The van der Waals surface area contributed by atoms with Crippen molar-refractivity contribution in [1.82, 2.24) is 0 Å². The van der Waals surface area contributed by atoms with Crippen molar-refractivity contribution in [3.05, 3.63) is 23.8 Å². The number of nitrogens with two attached hydrogens (primary N) is 1. The number of nitrogens with zero attached hydrogens (tertiary/aromatic N) is 1. The highest BCUT2D eigenvalue weighted by Gasteiger charge is 2.27. The quantitative estimate of drug-likeness (QED) is 0.637. The topological polar surface area (TPSA) is 75.8 Å². The summed E-state index contributed by atoms with van der Waals surface area (Å²) < 4.78 is 4.81. The molecule has 1 aromatic rings. The minimum Gasteiger partial charge on any atom is -0.465 e. The molecule has 5 heteroatoms. The van der Waals surface area contributed by atoms with Gasteiger partial charge in [0.1, 0.15) is 0 Å². The molecular formula is C14H20N2O3. The molecule has 19 heavy (non-hydrogen) atoms. The Kier molecular flexibility index (Phi) is 4.27. The number of piperidine rings is 1. The number of aliphatic hydroxyl groups excluding tert-OH is 1. The molecule has 1 aliphatic heterocycles. The van der Waals surface area contributed by atoms with Gasteiger partial charge in [-0.25, -0.2) is 4.79 Å². The predicted molar refractivity (Wildman–Crippen MR) is 74.3 cm³/mol. The number of aliphatic hydroxyl groups is 1. The molecule has 1 unspecified atom stereocenters. The van der Waals surface area contributed by atoms with Gasteiger partial charge < -0.3 is 20.5 Å². The average molecular weight is 264 g/mol. The van der Waals surface area contributed by atoms with E-state index >= 15 is 0 Å². The summed E-state index contributed by atoms with van der Waals surface area (Å²) in [5.74, 6) is -0.399. The zero-order valence-corrected chi connectivity index (χ0v) is 11.1. The number of esters is 1. The number of para-hydroxylation sites is 1. The van der Waals surface area contributed by atoms with Crippen molar-refractivity contribution in [1.29, 1.82) is 0 Å². The van der Waals surface area contributed by atoms with Gasteiger partial charge in [0.05, 0.1) is 36.7 Å². The normalized spacial score (nSPS) is 19.3. The largest absolute Gasteiger partial charge is 0.465 e. The minimum absolute atomic E-state index is 0.0156. The molecule has 0 aromatic heterocycles. The molecule has 104 valence electrons. The van der Waals surface area contributed by atoms with E-state index in [9.17, 15) is 9.90 Å². The van der Waals surface area contributed by atoms with Gasteiger partial charge in [-0.05, 0) is 31.4 Å². The Balaban J connectivity index is 2.44. The highest BCUT2D eigenvalue weighted by molar-refractivity contribution is 5.99. The Labute approximate surface area is 113 Å². The Morgan fingerprint density at radius 3 is 3.00 bits per heavy atom. The number of hydrogen-bond acceptors (Lipinski definition) is 5. The summed E-state index contributed by atoms with van der Waals surface area (Å²) in [7, 11) is 1.36. The van der Waals surface area contributed by atoms with Gasteiger partial charge >= 0.3 is 5.97 Å². The molecule has 0 saturated carbocycles. The fourth-order valence-electron chi connectivity index (χ4n) is 2.64. The molecule has 1 aliphatic rings. The van der Waals surface area contributed by atoms with E-state index in [2.05, 4.69) is 0 Å². The van der Waals surface area contributed by atoms with Gasteiger partial charge in [0, 0.05) is 6.54 Å². The maximum atomic E-state index is 11.9. The Hall–Kier alpha value is -1.75. The molecule has 5 nitrogen and oxygen atoms in total. The van der Waals surface area contributed by atoms with Crippen LogP contribution < -0.4 is 10.6 Å². The van der Waals surface area contributed by atoms with Crippen molar-refractivity contribution in [3.8, 4) is 0 Å². The molecule has 0 bridgehead atoms. The number of rotatable bonds is 3. The maximum absolute atomic E-state index is 11.9. The van der Waals surface area contributed by atoms with E-state index in [1.807, 2.05) is 4.90 Å². The van der Waals surface area contributed by atoms with Gasteiger partial charge in [0.15, 0.2) is 0 Å². The number of ether oxygens (including phenoxy) is 1. The van der Waals surface area contributed by atoms with Crippen molar-refractivity contribution in [2.24, 2.45) is 0 Å². The highest BCUT2D eigenvalue weighted by Crippen LogP contribution is 2.33. The Bertz CT molecular complexity index is 462. The monoisotopic (exact) mass is 264 g/mol. The summed E-state index contributed by atoms with van der Waals surface area (Å²) in [5.41, 5.74) is 7.72. The van der Waals surface area contributed by atoms with Crippen LogP contribution in [0, 0.1) is 0 Å². The summed E-state index contributed by atoms with van der Waals surface area (Å²) in [5, 5.41) is 9.50. The first kappa shape index (κ1) is 13.7. The Morgan fingerprint density at radius 1 is 1.53 bits per heavy atom. The first-order valence-corrected chi connectivity index (χ1v) is 6.53. The molecule has 1 atom stereocenters. The maximum Gasteiger partial charge on any atom is 0.340 e. The lowest BCUT2D eigenvalue weighted by atomic mass is 9.99. The van der Waals surface area contributed by atoms with Gasteiger partial charge in [-0.1, -0.05) is 6.07 Å². The van der Waals surface area contributed by atoms with E-state index in [0.29, 0.717) is 16.9 Å². The standard InChI is InChI=1S/C14H20N2O3/c1-19-14(18)11-6-4-7-12(15)13(11)16-8-3-2-5-10(16)9-17/h4,6-7,10,17H,2-3,5,8-9,15H2,1H3. The number of benzene rings is 1. The lowest BCUT2D eigenvalue weighted by Crippen LogP contribution is -2.43. The van der Waals surface area contributed by atoms with Crippen molar-refractivity contribution in [2.75, 3.05) is 30.9 Å². The second-order valence-electron chi connectivity index (χ2n) is 4.76. The van der Waals surface area contributed by atoms with Crippen LogP contribution >= 0.6 is 0 Å². The molecule has 1 aromatic carbocycles. The van der Waals surface area contributed by atoms with Crippen molar-refractivity contribution >= 4 is 17.3 Å². The van der Waals surface area contributed by atoms with Gasteiger partial charge in [-0.15, -0.1) is 0 Å². The van der Waals surface area contributed by atoms with E-state index in [4.69, 9.17) is 10.5 Å². The number of methoxy groups -OCH3 is 1. The summed E-state index contributed by atoms with van der Waals surface area (Å²) in [6.07, 6.45) is 3.03. The van der Waals surface area contributed by atoms with E-state index in [0.717, 1.165) is 25.8 Å². The third-order valence-corrected chi connectivity index (χ3v) is 3.60. The van der Waals surface area contributed by atoms with Gasteiger partial charge in [0.25, 0.3) is 0 Å². The SMILES string of the molecule is COC(=O)c1cccc(N)c1N1CCCCC1CO. The van der Waals surface area contributed by atoms with Crippen LogP contribution in [0.5, 0.6) is 0 Å². The van der Waals surface area contributed by atoms with Crippen LogP contribution in [-0.4, -0.2) is 37.4 Å². The first-order chi connectivity index (χ1) is 9.19. The number of nitrogen functional groups attached to an aromatic ring is 1. The molecule has 2 rings (SSSR count). The second-order valence-corrected chi connectivity index (χ2v) is 4.76. The molecule has 1 fully saturated rings. The number of anilines is 2. The molecule has 0 amide bonds. The van der Waals surface area contributed by atoms with Crippen molar-refractivity contribution in [2.45, 2.75) is 25.3 Å².